The molecule has 1 aromatic rings. The summed E-state index contributed by atoms with van der Waals surface area (Å²) in [7, 11) is 0. The van der Waals surface area contributed by atoms with E-state index in [0.717, 1.165) is 0 Å². The summed E-state index contributed by atoms with van der Waals surface area (Å²) < 4.78 is 4.74. The van der Waals surface area contributed by atoms with Gasteiger partial charge in [0, 0.05) is 12.1 Å². The average molecular weight is 238 g/mol. The molecule has 0 atom stereocenters. The lowest BCUT2D eigenvalue weighted by Crippen LogP contribution is -2.38. The van der Waals surface area contributed by atoms with Gasteiger partial charge in [0.15, 0.2) is 0 Å². The van der Waals surface area contributed by atoms with Gasteiger partial charge < -0.3 is 14.9 Å². The van der Waals surface area contributed by atoms with Gasteiger partial charge in [-0.15, -0.1) is 0 Å². The summed E-state index contributed by atoms with van der Waals surface area (Å²) in [6, 6.07) is 1.53. The molecule has 1 saturated carbocycles. The van der Waals surface area contributed by atoms with Crippen LogP contribution in [0, 0.1) is 5.92 Å². The molecule has 2 N–H and O–H groups in total. The van der Waals surface area contributed by atoms with Crippen molar-refractivity contribution in [2.24, 2.45) is 5.92 Å². The van der Waals surface area contributed by atoms with Gasteiger partial charge in [0.2, 0.25) is 5.76 Å². The zero-order valence-electron chi connectivity index (χ0n) is 9.26. The molecule has 1 fully saturated rings. The first kappa shape index (κ1) is 11.6. The second-order valence-corrected chi connectivity index (χ2v) is 4.24. The number of nitrogens with one attached hydrogen (secondary N) is 1. The number of hydrogen-bond donors (Lipinski definition) is 2. The topological polar surface area (TPSA) is 92.4 Å². The van der Waals surface area contributed by atoms with Gasteiger partial charge in [-0.2, -0.15) is 0 Å². The maximum Gasteiger partial charge on any atom is 0.306 e. The molecule has 2 rings (SSSR count). The van der Waals surface area contributed by atoms with E-state index in [1.807, 2.05) is 0 Å². The van der Waals surface area contributed by atoms with Crippen molar-refractivity contribution >= 4 is 11.9 Å². The summed E-state index contributed by atoms with van der Waals surface area (Å²) in [4.78, 5) is 22.4. The molecular weight excluding hydrogens is 224 g/mol. The number of aliphatic carboxylic acids is 1. The van der Waals surface area contributed by atoms with Crippen LogP contribution in [0.5, 0.6) is 0 Å². The van der Waals surface area contributed by atoms with Crippen LogP contribution < -0.4 is 5.32 Å². The molecule has 6 nitrogen and oxygen atoms in total. The fourth-order valence-electron chi connectivity index (χ4n) is 2.07. The van der Waals surface area contributed by atoms with Crippen molar-refractivity contribution in [3.8, 4) is 0 Å². The number of carbonyl (C=O) groups is 2. The lowest BCUT2D eigenvalue weighted by atomic mass is 9.86. The van der Waals surface area contributed by atoms with E-state index in [-0.39, 0.29) is 23.6 Å². The van der Waals surface area contributed by atoms with Crippen molar-refractivity contribution < 1.29 is 19.2 Å². The summed E-state index contributed by atoms with van der Waals surface area (Å²) in [6.07, 6.45) is 4.01. The van der Waals surface area contributed by atoms with Crippen molar-refractivity contribution in [2.45, 2.75) is 31.7 Å². The Morgan fingerprint density at radius 1 is 1.35 bits per heavy atom. The molecule has 0 spiro atoms. The van der Waals surface area contributed by atoms with Gasteiger partial charge in [-0.25, -0.2) is 0 Å². The van der Waals surface area contributed by atoms with Gasteiger partial charge in [0.25, 0.3) is 5.91 Å². The van der Waals surface area contributed by atoms with Crippen LogP contribution in [0.2, 0.25) is 0 Å². The molecule has 0 aromatic carbocycles. The normalized spacial score (nSPS) is 24.2. The Bertz CT molecular complexity index is 394. The number of rotatable bonds is 3. The number of carboxylic acids is 1. The largest absolute Gasteiger partial charge is 0.481 e. The first-order chi connectivity index (χ1) is 8.16. The number of carboxylic acid groups (broad SMARTS) is 1. The molecule has 0 unspecified atom stereocenters. The first-order valence-corrected chi connectivity index (χ1v) is 5.61. The van der Waals surface area contributed by atoms with E-state index in [1.54, 1.807) is 0 Å². The van der Waals surface area contributed by atoms with Crippen LogP contribution >= 0.6 is 0 Å². The molecule has 1 aliphatic rings. The van der Waals surface area contributed by atoms with Crippen LogP contribution in [0.4, 0.5) is 0 Å². The molecule has 0 radical (unpaired) electrons. The Labute approximate surface area is 98.0 Å². The number of aromatic nitrogens is 1. The Hall–Kier alpha value is -1.85. The van der Waals surface area contributed by atoms with E-state index in [1.165, 1.54) is 12.3 Å². The molecule has 6 heteroatoms. The summed E-state index contributed by atoms with van der Waals surface area (Å²) in [6.45, 7) is 0. The maximum atomic E-state index is 11.6. The fourth-order valence-corrected chi connectivity index (χ4v) is 2.07. The van der Waals surface area contributed by atoms with Crippen LogP contribution in [-0.4, -0.2) is 28.2 Å². The molecule has 0 aliphatic heterocycles. The number of carbonyl (C=O) groups excluding carboxylic acids is 1. The first-order valence-electron chi connectivity index (χ1n) is 5.61. The molecule has 0 saturated heterocycles. The summed E-state index contributed by atoms with van der Waals surface area (Å²) >= 11 is 0. The Kier molecular flexibility index (Phi) is 3.41. The third kappa shape index (κ3) is 2.83. The lowest BCUT2D eigenvalue weighted by Gasteiger charge is -2.26. The van der Waals surface area contributed by atoms with E-state index in [9.17, 15) is 9.59 Å². The quantitative estimate of drug-likeness (QED) is 0.821. The Morgan fingerprint density at radius 3 is 2.59 bits per heavy atom. The van der Waals surface area contributed by atoms with E-state index < -0.39 is 5.97 Å². The van der Waals surface area contributed by atoms with Gasteiger partial charge in [-0.1, -0.05) is 5.16 Å². The van der Waals surface area contributed by atoms with Gasteiger partial charge >= 0.3 is 5.97 Å². The third-order valence-corrected chi connectivity index (χ3v) is 3.07. The molecule has 1 aliphatic carbocycles. The predicted molar refractivity (Wildman–Crippen MR) is 57.4 cm³/mol. The molecular formula is C11H14N2O4. The highest BCUT2D eigenvalue weighted by molar-refractivity contribution is 5.91. The lowest BCUT2D eigenvalue weighted by molar-refractivity contribution is -0.142. The van der Waals surface area contributed by atoms with Gasteiger partial charge in [0.05, 0.1) is 12.1 Å². The maximum absolute atomic E-state index is 11.6. The van der Waals surface area contributed by atoms with Crippen LogP contribution in [0.15, 0.2) is 16.8 Å². The van der Waals surface area contributed by atoms with E-state index in [0.29, 0.717) is 25.7 Å². The van der Waals surface area contributed by atoms with Gasteiger partial charge in [-0.05, 0) is 25.7 Å². The fraction of sp³-hybridized carbons (Fsp3) is 0.545. The monoisotopic (exact) mass is 238 g/mol. The number of hydrogen-bond acceptors (Lipinski definition) is 4. The van der Waals surface area contributed by atoms with E-state index >= 15 is 0 Å². The minimum absolute atomic E-state index is 0.0307. The third-order valence-electron chi connectivity index (χ3n) is 3.07. The Morgan fingerprint density at radius 2 is 2.06 bits per heavy atom. The van der Waals surface area contributed by atoms with Crippen LogP contribution in [0.1, 0.15) is 36.2 Å². The Balaban J connectivity index is 1.82. The van der Waals surface area contributed by atoms with Crippen LogP contribution in [-0.2, 0) is 4.79 Å². The van der Waals surface area contributed by atoms with E-state index in [4.69, 9.17) is 9.63 Å². The SMILES string of the molecule is O=C(NC1CCC(C(=O)O)CC1)c1ccno1. The summed E-state index contributed by atoms with van der Waals surface area (Å²) in [5.41, 5.74) is 0. The predicted octanol–water partition coefficient (Wildman–Crippen LogP) is 1.05. The zero-order valence-corrected chi connectivity index (χ0v) is 9.26. The highest BCUT2D eigenvalue weighted by Gasteiger charge is 2.27. The van der Waals surface area contributed by atoms with Crippen LogP contribution in [0.3, 0.4) is 0 Å². The molecule has 92 valence electrons. The van der Waals surface area contributed by atoms with Gasteiger partial charge in [-0.3, -0.25) is 9.59 Å². The zero-order chi connectivity index (χ0) is 12.3. The van der Waals surface area contributed by atoms with Crippen molar-refractivity contribution in [1.82, 2.24) is 10.5 Å². The second-order valence-electron chi connectivity index (χ2n) is 4.24. The van der Waals surface area contributed by atoms with Gasteiger partial charge in [0.1, 0.15) is 0 Å². The molecule has 0 bridgehead atoms. The second kappa shape index (κ2) is 4.99. The van der Waals surface area contributed by atoms with Crippen molar-refractivity contribution in [2.75, 3.05) is 0 Å². The van der Waals surface area contributed by atoms with Crippen molar-refractivity contribution in [3.05, 3.63) is 18.0 Å². The van der Waals surface area contributed by atoms with Crippen molar-refractivity contribution in [1.29, 1.82) is 0 Å². The minimum Gasteiger partial charge on any atom is -0.481 e. The van der Waals surface area contributed by atoms with Crippen molar-refractivity contribution in [3.63, 3.8) is 0 Å². The van der Waals surface area contributed by atoms with E-state index in [2.05, 4.69) is 10.5 Å². The highest BCUT2D eigenvalue weighted by Crippen LogP contribution is 2.24. The van der Waals surface area contributed by atoms with Crippen LogP contribution in [0.25, 0.3) is 0 Å². The molecule has 1 aromatic heterocycles. The number of nitrogens with zero attached hydrogens (tertiary/aromatic N) is 1. The molecule has 17 heavy (non-hydrogen) atoms. The molecule has 1 heterocycles. The highest BCUT2D eigenvalue weighted by atomic mass is 16.5. The summed E-state index contributed by atoms with van der Waals surface area (Å²) in [5.74, 6) is -1.12. The standard InChI is InChI=1S/C11H14N2O4/c14-10(9-5-6-12-17-9)13-8-3-1-7(2-4-8)11(15)16/h5-8H,1-4H2,(H,13,14)(H,15,16). The smallest absolute Gasteiger partial charge is 0.306 e. The summed E-state index contributed by atoms with van der Waals surface area (Å²) in [5, 5.41) is 15.1. The average Bonchev–Trinajstić information content (AvgIpc) is 2.83. The minimum atomic E-state index is -0.745. The number of amides is 1. The molecule has 1 amide bonds.